The van der Waals surface area contributed by atoms with Crippen LogP contribution in [0.25, 0.3) is 0 Å². The highest BCUT2D eigenvalue weighted by Crippen LogP contribution is 2.21. The highest BCUT2D eigenvalue weighted by molar-refractivity contribution is 7.92. The van der Waals surface area contributed by atoms with E-state index in [2.05, 4.69) is 10.3 Å². The van der Waals surface area contributed by atoms with Crippen molar-refractivity contribution in [2.75, 3.05) is 16.8 Å². The number of pyridine rings is 1. The number of nitrogens with zero attached hydrogens (tertiary/aromatic N) is 1. The van der Waals surface area contributed by atoms with Gasteiger partial charge in [0.2, 0.25) is 5.91 Å². The van der Waals surface area contributed by atoms with E-state index in [4.69, 9.17) is 4.74 Å². The molecule has 0 aliphatic rings. The third-order valence-corrected chi connectivity index (χ3v) is 4.43. The Morgan fingerprint density at radius 2 is 1.83 bits per heavy atom. The van der Waals surface area contributed by atoms with Gasteiger partial charge in [-0.25, -0.2) is 17.8 Å². The molecular formula is C15H15FN2O4S. The number of halogens is 1. The number of aromatic nitrogens is 1. The standard InChI is InChI=1S/C15H15FN2O4S/c1-2-23(20,21)10-15(19)18-14-8-7-13(9-17-14)22-12-5-3-11(16)4-6-12/h3-9H,2,10H2,1H3,(H,17,18,19). The van der Waals surface area contributed by atoms with E-state index in [9.17, 15) is 17.6 Å². The summed E-state index contributed by atoms with van der Waals surface area (Å²) in [6.07, 6.45) is 1.37. The molecule has 8 heteroatoms. The number of rotatable bonds is 6. The lowest BCUT2D eigenvalue weighted by Gasteiger charge is -2.07. The molecule has 1 aromatic heterocycles. The molecular weight excluding hydrogens is 323 g/mol. The molecule has 0 bridgehead atoms. The van der Waals surface area contributed by atoms with Crippen LogP contribution in [0.15, 0.2) is 42.6 Å². The number of hydrogen-bond donors (Lipinski definition) is 1. The van der Waals surface area contributed by atoms with Crippen molar-refractivity contribution in [3.8, 4) is 11.5 Å². The molecule has 6 nitrogen and oxygen atoms in total. The summed E-state index contributed by atoms with van der Waals surface area (Å²) in [5.41, 5.74) is 0. The van der Waals surface area contributed by atoms with Crippen LogP contribution in [0.3, 0.4) is 0 Å². The first kappa shape index (κ1) is 16.9. The van der Waals surface area contributed by atoms with Crippen LogP contribution in [0.4, 0.5) is 10.2 Å². The summed E-state index contributed by atoms with van der Waals surface area (Å²) in [5, 5.41) is 2.40. The fraction of sp³-hybridized carbons (Fsp3) is 0.200. The Balaban J connectivity index is 1.96. The Labute approximate surface area is 133 Å². The van der Waals surface area contributed by atoms with Gasteiger partial charge in [0.15, 0.2) is 9.84 Å². The summed E-state index contributed by atoms with van der Waals surface area (Å²) in [5.74, 6) is -0.637. The molecule has 1 amide bonds. The third kappa shape index (κ3) is 5.33. The van der Waals surface area contributed by atoms with Crippen LogP contribution in [0.2, 0.25) is 0 Å². The van der Waals surface area contributed by atoms with Crippen molar-refractivity contribution in [2.45, 2.75) is 6.92 Å². The molecule has 0 saturated heterocycles. The molecule has 0 saturated carbocycles. The number of benzene rings is 1. The molecule has 0 spiro atoms. The van der Waals surface area contributed by atoms with Crippen LogP contribution in [-0.4, -0.2) is 30.8 Å². The minimum absolute atomic E-state index is 0.0989. The van der Waals surface area contributed by atoms with E-state index in [0.29, 0.717) is 11.5 Å². The number of carbonyl (C=O) groups is 1. The number of anilines is 1. The molecule has 1 heterocycles. The zero-order valence-electron chi connectivity index (χ0n) is 12.3. The van der Waals surface area contributed by atoms with Crippen molar-refractivity contribution in [2.24, 2.45) is 0 Å². The number of ether oxygens (including phenoxy) is 1. The molecule has 1 N–H and O–H groups in total. The largest absolute Gasteiger partial charge is 0.456 e. The SMILES string of the molecule is CCS(=O)(=O)CC(=O)Nc1ccc(Oc2ccc(F)cc2)cn1. The number of amides is 1. The Bertz CT molecular complexity index is 774. The monoisotopic (exact) mass is 338 g/mol. The van der Waals surface area contributed by atoms with Gasteiger partial charge in [-0.1, -0.05) is 6.92 Å². The lowest BCUT2D eigenvalue weighted by Crippen LogP contribution is -2.24. The average molecular weight is 338 g/mol. The minimum atomic E-state index is -3.39. The lowest BCUT2D eigenvalue weighted by atomic mass is 10.3. The van der Waals surface area contributed by atoms with Gasteiger partial charge in [-0.2, -0.15) is 0 Å². The minimum Gasteiger partial charge on any atom is -0.456 e. The second-order valence-electron chi connectivity index (χ2n) is 4.66. The van der Waals surface area contributed by atoms with Crippen molar-refractivity contribution in [3.63, 3.8) is 0 Å². The van der Waals surface area contributed by atoms with Gasteiger partial charge in [0.1, 0.15) is 28.9 Å². The zero-order chi connectivity index (χ0) is 16.9. The van der Waals surface area contributed by atoms with Gasteiger partial charge in [-0.3, -0.25) is 4.79 Å². The predicted octanol–water partition coefficient (Wildman–Crippen LogP) is 2.39. The molecule has 2 aromatic rings. The average Bonchev–Trinajstić information content (AvgIpc) is 2.51. The number of hydrogen-bond acceptors (Lipinski definition) is 5. The normalized spacial score (nSPS) is 11.0. The Kier molecular flexibility index (Phi) is 5.28. The molecule has 0 radical (unpaired) electrons. The fourth-order valence-corrected chi connectivity index (χ4v) is 2.31. The van der Waals surface area contributed by atoms with E-state index in [-0.39, 0.29) is 17.4 Å². The smallest absolute Gasteiger partial charge is 0.240 e. The quantitative estimate of drug-likeness (QED) is 0.874. The second kappa shape index (κ2) is 7.19. The van der Waals surface area contributed by atoms with Crippen LogP contribution >= 0.6 is 0 Å². The number of nitrogens with one attached hydrogen (secondary N) is 1. The Morgan fingerprint density at radius 3 is 2.39 bits per heavy atom. The van der Waals surface area contributed by atoms with E-state index in [1.165, 1.54) is 43.5 Å². The zero-order valence-corrected chi connectivity index (χ0v) is 13.1. The second-order valence-corrected chi connectivity index (χ2v) is 7.01. The van der Waals surface area contributed by atoms with E-state index in [0.717, 1.165) is 0 Å². The highest BCUT2D eigenvalue weighted by atomic mass is 32.2. The van der Waals surface area contributed by atoms with Crippen LogP contribution in [0.5, 0.6) is 11.5 Å². The van der Waals surface area contributed by atoms with Gasteiger partial charge in [0, 0.05) is 5.75 Å². The highest BCUT2D eigenvalue weighted by Gasteiger charge is 2.14. The molecule has 0 unspecified atom stereocenters. The van der Waals surface area contributed by atoms with Crippen LogP contribution in [-0.2, 0) is 14.6 Å². The molecule has 0 aliphatic heterocycles. The van der Waals surface area contributed by atoms with Crippen molar-refractivity contribution >= 4 is 21.6 Å². The summed E-state index contributed by atoms with van der Waals surface area (Å²) < 4.78 is 41.0. The maximum absolute atomic E-state index is 12.8. The molecule has 122 valence electrons. The predicted molar refractivity (Wildman–Crippen MR) is 83.7 cm³/mol. The van der Waals surface area contributed by atoms with Gasteiger partial charge >= 0.3 is 0 Å². The molecule has 1 aromatic carbocycles. The van der Waals surface area contributed by atoms with Gasteiger partial charge < -0.3 is 10.1 Å². The number of sulfone groups is 1. The molecule has 0 aliphatic carbocycles. The topological polar surface area (TPSA) is 85.4 Å². The van der Waals surface area contributed by atoms with Crippen molar-refractivity contribution in [3.05, 3.63) is 48.4 Å². The van der Waals surface area contributed by atoms with Gasteiger partial charge in [0.25, 0.3) is 0 Å². The summed E-state index contributed by atoms with van der Waals surface area (Å²) in [6, 6.07) is 8.52. The lowest BCUT2D eigenvalue weighted by molar-refractivity contribution is -0.113. The summed E-state index contributed by atoms with van der Waals surface area (Å²) in [4.78, 5) is 15.6. The Hall–Kier alpha value is -2.48. The van der Waals surface area contributed by atoms with Crippen LogP contribution in [0, 0.1) is 5.82 Å². The first-order valence-electron chi connectivity index (χ1n) is 6.78. The summed E-state index contributed by atoms with van der Waals surface area (Å²) >= 11 is 0. The summed E-state index contributed by atoms with van der Waals surface area (Å²) in [7, 11) is -3.39. The molecule has 2 rings (SSSR count). The van der Waals surface area contributed by atoms with Crippen molar-refractivity contribution in [1.82, 2.24) is 4.98 Å². The van der Waals surface area contributed by atoms with Crippen LogP contribution < -0.4 is 10.1 Å². The first-order valence-corrected chi connectivity index (χ1v) is 8.60. The molecule has 0 fully saturated rings. The van der Waals surface area contributed by atoms with E-state index in [1.54, 1.807) is 6.07 Å². The molecule has 23 heavy (non-hydrogen) atoms. The first-order chi connectivity index (χ1) is 10.9. The van der Waals surface area contributed by atoms with Gasteiger partial charge in [-0.05, 0) is 36.4 Å². The van der Waals surface area contributed by atoms with E-state index < -0.39 is 21.5 Å². The molecule has 0 atom stereocenters. The van der Waals surface area contributed by atoms with Crippen LogP contribution in [0.1, 0.15) is 6.92 Å². The van der Waals surface area contributed by atoms with Crippen molar-refractivity contribution in [1.29, 1.82) is 0 Å². The summed E-state index contributed by atoms with van der Waals surface area (Å²) in [6.45, 7) is 1.47. The number of carbonyl (C=O) groups excluding carboxylic acids is 1. The van der Waals surface area contributed by atoms with Gasteiger partial charge in [-0.15, -0.1) is 0 Å². The van der Waals surface area contributed by atoms with Gasteiger partial charge in [0.05, 0.1) is 6.20 Å². The third-order valence-electron chi connectivity index (χ3n) is 2.84. The van der Waals surface area contributed by atoms with E-state index in [1.807, 2.05) is 0 Å². The van der Waals surface area contributed by atoms with Crippen molar-refractivity contribution < 1.29 is 22.3 Å². The maximum atomic E-state index is 12.8. The van der Waals surface area contributed by atoms with E-state index >= 15 is 0 Å². The fourth-order valence-electron chi connectivity index (χ4n) is 1.63. The maximum Gasteiger partial charge on any atom is 0.240 e. The Morgan fingerprint density at radius 1 is 1.17 bits per heavy atom.